The molecular weight excluding hydrogens is 299 g/mol. The molecule has 1 saturated heterocycles. The van der Waals surface area contributed by atoms with E-state index in [4.69, 9.17) is 4.42 Å². The highest BCUT2D eigenvalue weighted by Crippen LogP contribution is 2.25. The topological polar surface area (TPSA) is 38.9 Å². The number of aromatic nitrogens is 2. The Balaban J connectivity index is 1.89. The van der Waals surface area contributed by atoms with Crippen LogP contribution < -0.4 is 0 Å². The Labute approximate surface area is 95.2 Å². The first-order chi connectivity index (χ1) is 6.34. The summed E-state index contributed by atoms with van der Waals surface area (Å²) in [6.45, 7) is 0. The summed E-state index contributed by atoms with van der Waals surface area (Å²) in [6.07, 6.45) is 3.56. The second-order valence-corrected chi connectivity index (χ2v) is 5.36. The number of rotatable bonds is 2. The Morgan fingerprint density at radius 2 is 2.15 bits per heavy atom. The highest BCUT2D eigenvalue weighted by molar-refractivity contribution is 14.1. The largest absolute Gasteiger partial charge is 0.416 e. The molecule has 1 aromatic heterocycles. The lowest BCUT2D eigenvalue weighted by molar-refractivity contribution is 0.398. The summed E-state index contributed by atoms with van der Waals surface area (Å²) in [5.41, 5.74) is 0. The molecule has 72 valence electrons. The van der Waals surface area contributed by atoms with Gasteiger partial charge in [-0.15, -0.1) is 10.2 Å². The van der Waals surface area contributed by atoms with Crippen LogP contribution in [0.3, 0.4) is 0 Å². The molecule has 2 rings (SSSR count). The number of nitrogens with zero attached hydrogens (tertiary/aromatic N) is 2. The van der Waals surface area contributed by atoms with Crippen LogP contribution in [0.5, 0.6) is 0 Å². The second kappa shape index (κ2) is 4.63. The van der Waals surface area contributed by atoms with Crippen LogP contribution in [-0.4, -0.2) is 21.7 Å². The van der Waals surface area contributed by atoms with Crippen LogP contribution in [0.1, 0.15) is 18.7 Å². The molecule has 0 bridgehead atoms. The molecule has 0 aliphatic carbocycles. The van der Waals surface area contributed by atoms with E-state index in [1.54, 1.807) is 0 Å². The molecule has 1 aliphatic rings. The monoisotopic (exact) mass is 310 g/mol. The minimum atomic E-state index is 0.651. The van der Waals surface area contributed by atoms with Gasteiger partial charge >= 0.3 is 0 Å². The fraction of sp³-hybridized carbons (Fsp3) is 0.750. The SMILES string of the molecule is Ic1nnc(CC2CCSCC2)o1. The van der Waals surface area contributed by atoms with E-state index < -0.39 is 0 Å². The summed E-state index contributed by atoms with van der Waals surface area (Å²) in [4.78, 5) is 0. The van der Waals surface area contributed by atoms with Crippen molar-refractivity contribution in [1.82, 2.24) is 10.2 Å². The molecule has 0 spiro atoms. The molecule has 0 saturated carbocycles. The minimum absolute atomic E-state index is 0.651. The van der Waals surface area contributed by atoms with Crippen LogP contribution in [0.4, 0.5) is 0 Å². The van der Waals surface area contributed by atoms with E-state index in [9.17, 15) is 0 Å². The maximum absolute atomic E-state index is 5.34. The van der Waals surface area contributed by atoms with Crippen LogP contribution in [0.15, 0.2) is 4.42 Å². The summed E-state index contributed by atoms with van der Waals surface area (Å²) < 4.78 is 5.99. The highest BCUT2D eigenvalue weighted by atomic mass is 127. The van der Waals surface area contributed by atoms with Gasteiger partial charge in [0.2, 0.25) is 5.89 Å². The van der Waals surface area contributed by atoms with Gasteiger partial charge in [-0.25, -0.2) is 0 Å². The van der Waals surface area contributed by atoms with Gasteiger partial charge in [0.25, 0.3) is 3.90 Å². The van der Waals surface area contributed by atoms with Crippen molar-refractivity contribution in [2.75, 3.05) is 11.5 Å². The van der Waals surface area contributed by atoms with Crippen molar-refractivity contribution >= 4 is 34.4 Å². The van der Waals surface area contributed by atoms with Crippen molar-refractivity contribution in [2.45, 2.75) is 19.3 Å². The Morgan fingerprint density at radius 3 is 2.77 bits per heavy atom. The summed E-state index contributed by atoms with van der Waals surface area (Å²) in [7, 11) is 0. The van der Waals surface area contributed by atoms with Gasteiger partial charge in [0.05, 0.1) is 0 Å². The molecule has 1 fully saturated rings. The van der Waals surface area contributed by atoms with Crippen molar-refractivity contribution in [1.29, 1.82) is 0 Å². The van der Waals surface area contributed by atoms with Crippen LogP contribution in [0.2, 0.25) is 0 Å². The van der Waals surface area contributed by atoms with Gasteiger partial charge in [0, 0.05) is 29.0 Å². The van der Waals surface area contributed by atoms with Gasteiger partial charge in [0.1, 0.15) is 0 Å². The molecule has 0 aromatic carbocycles. The van der Waals surface area contributed by atoms with Crippen molar-refractivity contribution in [2.24, 2.45) is 5.92 Å². The summed E-state index contributed by atoms with van der Waals surface area (Å²) in [5.74, 6) is 4.14. The maximum Gasteiger partial charge on any atom is 0.278 e. The van der Waals surface area contributed by atoms with E-state index in [1.807, 2.05) is 11.8 Å². The van der Waals surface area contributed by atoms with Crippen LogP contribution in [0, 0.1) is 9.82 Å². The van der Waals surface area contributed by atoms with Gasteiger partial charge in [-0.3, -0.25) is 0 Å². The Bertz CT molecular complexity index is 273. The smallest absolute Gasteiger partial charge is 0.278 e. The summed E-state index contributed by atoms with van der Waals surface area (Å²) >= 11 is 4.10. The third-order valence-corrected chi connectivity index (χ3v) is 3.73. The zero-order valence-corrected chi connectivity index (χ0v) is 10.2. The summed E-state index contributed by atoms with van der Waals surface area (Å²) in [5, 5.41) is 7.83. The van der Waals surface area contributed by atoms with E-state index in [-0.39, 0.29) is 0 Å². The zero-order chi connectivity index (χ0) is 9.10. The molecule has 0 radical (unpaired) electrons. The highest BCUT2D eigenvalue weighted by Gasteiger charge is 2.16. The van der Waals surface area contributed by atoms with Crippen molar-refractivity contribution < 1.29 is 4.42 Å². The van der Waals surface area contributed by atoms with Crippen molar-refractivity contribution in [3.8, 4) is 0 Å². The Hall–Kier alpha value is 0.220. The maximum atomic E-state index is 5.34. The minimum Gasteiger partial charge on any atom is -0.416 e. The van der Waals surface area contributed by atoms with E-state index in [1.165, 1.54) is 24.3 Å². The molecule has 0 atom stereocenters. The standard InChI is InChI=1S/C8H11IN2OS/c9-8-11-10-7(12-8)5-6-1-3-13-4-2-6/h6H,1-5H2. The van der Waals surface area contributed by atoms with Gasteiger partial charge < -0.3 is 4.42 Å². The lowest BCUT2D eigenvalue weighted by Crippen LogP contribution is -2.12. The first kappa shape index (κ1) is 9.76. The Morgan fingerprint density at radius 1 is 1.38 bits per heavy atom. The predicted molar refractivity (Wildman–Crippen MR) is 60.8 cm³/mol. The first-order valence-corrected chi connectivity index (χ1v) is 6.63. The summed E-state index contributed by atoms with van der Waals surface area (Å²) in [6, 6.07) is 0. The first-order valence-electron chi connectivity index (χ1n) is 4.40. The molecule has 5 heteroatoms. The molecule has 2 heterocycles. The average molecular weight is 310 g/mol. The second-order valence-electron chi connectivity index (χ2n) is 3.21. The molecule has 0 N–H and O–H groups in total. The van der Waals surface area contributed by atoms with Gasteiger partial charge in [0.15, 0.2) is 0 Å². The van der Waals surface area contributed by atoms with Crippen LogP contribution in [-0.2, 0) is 6.42 Å². The number of thioether (sulfide) groups is 1. The Kier molecular flexibility index (Phi) is 3.48. The molecule has 3 nitrogen and oxygen atoms in total. The predicted octanol–water partition coefficient (Wildman–Crippen LogP) is 2.36. The fourth-order valence-electron chi connectivity index (χ4n) is 1.51. The number of halogens is 1. The zero-order valence-electron chi connectivity index (χ0n) is 7.20. The quantitative estimate of drug-likeness (QED) is 0.786. The number of hydrogen-bond acceptors (Lipinski definition) is 4. The van der Waals surface area contributed by atoms with Crippen molar-refractivity contribution in [3.05, 3.63) is 9.79 Å². The van der Waals surface area contributed by atoms with Crippen molar-refractivity contribution in [3.63, 3.8) is 0 Å². The van der Waals surface area contributed by atoms with Gasteiger partial charge in [-0.05, 0) is 30.3 Å². The third-order valence-electron chi connectivity index (χ3n) is 2.25. The van der Waals surface area contributed by atoms with Crippen LogP contribution >= 0.6 is 34.4 Å². The molecule has 0 amide bonds. The lowest BCUT2D eigenvalue weighted by atomic mass is 9.99. The molecule has 1 aromatic rings. The van der Waals surface area contributed by atoms with E-state index in [0.717, 1.165) is 18.2 Å². The van der Waals surface area contributed by atoms with E-state index in [2.05, 4.69) is 32.8 Å². The lowest BCUT2D eigenvalue weighted by Gasteiger charge is -2.19. The molecule has 1 aliphatic heterocycles. The van der Waals surface area contributed by atoms with E-state index >= 15 is 0 Å². The number of hydrogen-bond donors (Lipinski definition) is 0. The van der Waals surface area contributed by atoms with Crippen LogP contribution in [0.25, 0.3) is 0 Å². The van der Waals surface area contributed by atoms with Gasteiger partial charge in [-0.2, -0.15) is 11.8 Å². The van der Waals surface area contributed by atoms with E-state index in [0.29, 0.717) is 3.90 Å². The molecular formula is C8H11IN2OS. The normalized spacial score (nSPS) is 19.2. The molecule has 0 unspecified atom stereocenters. The fourth-order valence-corrected chi connectivity index (χ4v) is 3.08. The van der Waals surface area contributed by atoms with Gasteiger partial charge in [-0.1, -0.05) is 0 Å². The average Bonchev–Trinajstić information content (AvgIpc) is 2.53. The third kappa shape index (κ3) is 2.83. The molecule has 13 heavy (non-hydrogen) atoms.